The Labute approximate surface area is 86.8 Å². The fraction of sp³-hybridized carbons (Fsp3) is 0.200. The summed E-state index contributed by atoms with van der Waals surface area (Å²) in [6.45, 7) is 2.12. The predicted octanol–water partition coefficient (Wildman–Crippen LogP) is 2.71. The molecule has 2 heterocycles. The van der Waals surface area contributed by atoms with Crippen molar-refractivity contribution in [2.24, 2.45) is 0 Å². The summed E-state index contributed by atoms with van der Waals surface area (Å²) in [5, 5.41) is 5.38. The number of aromatic nitrogens is 2. The lowest BCUT2D eigenvalue weighted by Crippen LogP contribution is -2.05. The molecule has 2 aromatic heterocycles. The maximum absolute atomic E-state index is 4.11. The minimum atomic E-state index is 0.296. The number of nitrogens with zero attached hydrogens (tertiary/aromatic N) is 2. The Morgan fingerprint density at radius 3 is 3.00 bits per heavy atom. The van der Waals surface area contributed by atoms with Crippen LogP contribution < -0.4 is 5.32 Å². The van der Waals surface area contributed by atoms with Crippen molar-refractivity contribution in [2.45, 2.75) is 13.0 Å². The lowest BCUT2D eigenvalue weighted by atomic mass is 10.3. The average molecular weight is 205 g/mol. The van der Waals surface area contributed by atoms with Crippen molar-refractivity contribution in [2.75, 3.05) is 5.32 Å². The average Bonchev–Trinajstić information content (AvgIpc) is 2.72. The molecule has 2 aromatic rings. The van der Waals surface area contributed by atoms with Crippen LogP contribution in [0.25, 0.3) is 0 Å². The van der Waals surface area contributed by atoms with Crippen molar-refractivity contribution in [3.63, 3.8) is 0 Å². The summed E-state index contributed by atoms with van der Waals surface area (Å²) in [6, 6.07) is 6.33. The van der Waals surface area contributed by atoms with Crippen LogP contribution in [0.5, 0.6) is 0 Å². The molecule has 1 unspecified atom stereocenters. The molecule has 0 radical (unpaired) electrons. The van der Waals surface area contributed by atoms with Crippen LogP contribution in [-0.4, -0.2) is 9.97 Å². The molecule has 0 bridgehead atoms. The molecule has 1 N–H and O–H groups in total. The van der Waals surface area contributed by atoms with Gasteiger partial charge in [-0.15, -0.1) is 11.3 Å². The van der Waals surface area contributed by atoms with Gasteiger partial charge in [-0.1, -0.05) is 6.07 Å². The van der Waals surface area contributed by atoms with E-state index < -0.39 is 0 Å². The molecule has 1 atom stereocenters. The van der Waals surface area contributed by atoms with Gasteiger partial charge in [-0.3, -0.25) is 0 Å². The van der Waals surface area contributed by atoms with Crippen LogP contribution in [0, 0.1) is 0 Å². The van der Waals surface area contributed by atoms with Crippen molar-refractivity contribution >= 4 is 17.2 Å². The molecule has 3 nitrogen and oxygen atoms in total. The molecule has 0 amide bonds. The summed E-state index contributed by atoms with van der Waals surface area (Å²) < 4.78 is 0. The quantitative estimate of drug-likeness (QED) is 0.837. The van der Waals surface area contributed by atoms with Crippen LogP contribution in [0.4, 0.5) is 5.82 Å². The van der Waals surface area contributed by atoms with E-state index in [0.29, 0.717) is 6.04 Å². The number of hydrogen-bond donors (Lipinski definition) is 1. The molecule has 4 heteroatoms. The molecule has 0 spiro atoms. The lowest BCUT2D eigenvalue weighted by molar-refractivity contribution is 0.893. The third-order valence-electron chi connectivity index (χ3n) is 1.92. The fourth-order valence-corrected chi connectivity index (χ4v) is 1.94. The second kappa shape index (κ2) is 4.19. The first-order valence-electron chi connectivity index (χ1n) is 4.42. The Hall–Kier alpha value is -1.42. The van der Waals surface area contributed by atoms with Crippen LogP contribution in [-0.2, 0) is 0 Å². The molecule has 0 aromatic carbocycles. The highest BCUT2D eigenvalue weighted by molar-refractivity contribution is 7.10. The molecule has 2 rings (SSSR count). The molecule has 72 valence electrons. The second-order valence-electron chi connectivity index (χ2n) is 2.98. The van der Waals surface area contributed by atoms with Gasteiger partial charge in [0.1, 0.15) is 12.1 Å². The van der Waals surface area contributed by atoms with Gasteiger partial charge in [0.05, 0.1) is 6.04 Å². The van der Waals surface area contributed by atoms with Crippen LogP contribution in [0.3, 0.4) is 0 Å². The van der Waals surface area contributed by atoms with Crippen molar-refractivity contribution in [3.05, 3.63) is 41.0 Å². The van der Waals surface area contributed by atoms with Crippen LogP contribution in [0.1, 0.15) is 17.8 Å². The summed E-state index contributed by atoms with van der Waals surface area (Å²) in [5.74, 6) is 0.862. The Kier molecular flexibility index (Phi) is 2.74. The topological polar surface area (TPSA) is 37.8 Å². The molecule has 0 saturated heterocycles. The Balaban J connectivity index is 2.06. The molecule has 0 saturated carbocycles. The molecule has 0 aliphatic carbocycles. The Morgan fingerprint density at radius 1 is 1.43 bits per heavy atom. The number of nitrogens with one attached hydrogen (secondary N) is 1. The summed E-state index contributed by atoms with van der Waals surface area (Å²) in [4.78, 5) is 9.29. The lowest BCUT2D eigenvalue weighted by Gasteiger charge is -2.11. The maximum atomic E-state index is 4.11. The third kappa shape index (κ3) is 2.09. The molecule has 14 heavy (non-hydrogen) atoms. The third-order valence-corrected chi connectivity index (χ3v) is 2.97. The predicted molar refractivity (Wildman–Crippen MR) is 58.4 cm³/mol. The van der Waals surface area contributed by atoms with E-state index in [0.717, 1.165) is 5.82 Å². The highest BCUT2D eigenvalue weighted by Crippen LogP contribution is 2.21. The molecule has 0 aliphatic rings. The smallest absolute Gasteiger partial charge is 0.129 e. The standard InChI is InChI=1S/C10H11N3S/c1-8(9-3-2-6-14-9)13-10-4-5-11-7-12-10/h2-8H,1H3,(H,11,12,13). The second-order valence-corrected chi connectivity index (χ2v) is 3.96. The Morgan fingerprint density at radius 2 is 2.36 bits per heavy atom. The van der Waals surface area contributed by atoms with Gasteiger partial charge in [-0.2, -0.15) is 0 Å². The van der Waals surface area contributed by atoms with Crippen molar-refractivity contribution < 1.29 is 0 Å². The van der Waals surface area contributed by atoms with Crippen LogP contribution >= 0.6 is 11.3 Å². The van der Waals surface area contributed by atoms with Crippen LogP contribution in [0.2, 0.25) is 0 Å². The van der Waals surface area contributed by atoms with Crippen LogP contribution in [0.15, 0.2) is 36.1 Å². The monoisotopic (exact) mass is 205 g/mol. The van der Waals surface area contributed by atoms with E-state index in [-0.39, 0.29) is 0 Å². The number of hydrogen-bond acceptors (Lipinski definition) is 4. The highest BCUT2D eigenvalue weighted by atomic mass is 32.1. The van der Waals surface area contributed by atoms with Crippen molar-refractivity contribution in [1.82, 2.24) is 9.97 Å². The van der Waals surface area contributed by atoms with Gasteiger partial charge in [0.2, 0.25) is 0 Å². The number of rotatable bonds is 3. The van der Waals surface area contributed by atoms with Gasteiger partial charge in [0.15, 0.2) is 0 Å². The SMILES string of the molecule is CC(Nc1ccncn1)c1cccs1. The van der Waals surface area contributed by atoms with E-state index in [4.69, 9.17) is 0 Å². The normalized spacial score (nSPS) is 12.4. The number of thiophene rings is 1. The van der Waals surface area contributed by atoms with Gasteiger partial charge in [0.25, 0.3) is 0 Å². The zero-order valence-electron chi connectivity index (χ0n) is 7.84. The van der Waals surface area contributed by atoms with E-state index in [2.05, 4.69) is 39.7 Å². The molecular formula is C10H11N3S. The summed E-state index contributed by atoms with van der Waals surface area (Å²) >= 11 is 1.74. The van der Waals surface area contributed by atoms with Gasteiger partial charge in [-0.25, -0.2) is 9.97 Å². The van der Waals surface area contributed by atoms with E-state index in [1.54, 1.807) is 23.9 Å². The van der Waals surface area contributed by atoms with Gasteiger partial charge >= 0.3 is 0 Å². The van der Waals surface area contributed by atoms with E-state index >= 15 is 0 Å². The van der Waals surface area contributed by atoms with E-state index in [9.17, 15) is 0 Å². The van der Waals surface area contributed by atoms with E-state index in [1.807, 2.05) is 6.07 Å². The summed E-state index contributed by atoms with van der Waals surface area (Å²) in [6.07, 6.45) is 3.28. The van der Waals surface area contributed by atoms with Gasteiger partial charge < -0.3 is 5.32 Å². The summed E-state index contributed by atoms with van der Waals surface area (Å²) in [5.41, 5.74) is 0. The Bertz CT molecular complexity index is 372. The highest BCUT2D eigenvalue weighted by Gasteiger charge is 2.05. The number of anilines is 1. The first-order chi connectivity index (χ1) is 6.86. The summed E-state index contributed by atoms with van der Waals surface area (Å²) in [7, 11) is 0. The zero-order chi connectivity index (χ0) is 9.80. The largest absolute Gasteiger partial charge is 0.363 e. The fourth-order valence-electron chi connectivity index (χ4n) is 1.21. The molecular weight excluding hydrogens is 194 g/mol. The molecule has 0 fully saturated rings. The minimum absolute atomic E-state index is 0.296. The zero-order valence-corrected chi connectivity index (χ0v) is 8.66. The first-order valence-corrected chi connectivity index (χ1v) is 5.30. The van der Waals surface area contributed by atoms with Crippen molar-refractivity contribution in [3.8, 4) is 0 Å². The first kappa shape index (κ1) is 9.15. The van der Waals surface area contributed by atoms with Gasteiger partial charge in [0, 0.05) is 11.1 Å². The minimum Gasteiger partial charge on any atom is -0.363 e. The van der Waals surface area contributed by atoms with Gasteiger partial charge in [-0.05, 0) is 24.4 Å². The maximum Gasteiger partial charge on any atom is 0.129 e. The van der Waals surface area contributed by atoms with E-state index in [1.165, 1.54) is 4.88 Å². The van der Waals surface area contributed by atoms with Crippen molar-refractivity contribution in [1.29, 1.82) is 0 Å². The molecule has 0 aliphatic heterocycles.